The summed E-state index contributed by atoms with van der Waals surface area (Å²) in [7, 11) is 3.11. The molecule has 1 aliphatic carbocycles. The number of rotatable bonds is 4. The molecule has 1 aliphatic heterocycles. The van der Waals surface area contributed by atoms with E-state index < -0.39 is 0 Å². The second-order valence-electron chi connectivity index (χ2n) is 6.58. The average molecular weight is 368 g/mol. The molecular formula is C19H20N4O4. The van der Waals surface area contributed by atoms with Crippen LogP contribution in [0.4, 0.5) is 17.2 Å². The maximum absolute atomic E-state index is 12.3. The third-order valence-electron chi connectivity index (χ3n) is 4.69. The summed E-state index contributed by atoms with van der Waals surface area (Å²) in [5.74, 6) is 1.37. The molecule has 0 spiro atoms. The first kappa shape index (κ1) is 17.1. The van der Waals surface area contributed by atoms with E-state index in [-0.39, 0.29) is 23.6 Å². The van der Waals surface area contributed by atoms with Gasteiger partial charge in [0.1, 0.15) is 17.1 Å². The number of amides is 2. The molecule has 1 saturated carbocycles. The molecule has 2 heterocycles. The van der Waals surface area contributed by atoms with Crippen LogP contribution in [-0.2, 0) is 4.79 Å². The Morgan fingerprint density at radius 1 is 1.26 bits per heavy atom. The summed E-state index contributed by atoms with van der Waals surface area (Å²) < 4.78 is 11.5. The predicted molar refractivity (Wildman–Crippen MR) is 100 cm³/mol. The quantitative estimate of drug-likeness (QED) is 0.654. The maximum atomic E-state index is 12.3. The first-order valence-electron chi connectivity index (χ1n) is 8.72. The van der Waals surface area contributed by atoms with Crippen LogP contribution in [0.1, 0.15) is 28.8 Å². The lowest BCUT2D eigenvalue weighted by Crippen LogP contribution is -2.22. The minimum absolute atomic E-state index is 0.0201. The van der Waals surface area contributed by atoms with E-state index in [9.17, 15) is 9.59 Å². The van der Waals surface area contributed by atoms with Gasteiger partial charge in [-0.15, -0.1) is 0 Å². The molecule has 0 bridgehead atoms. The maximum Gasteiger partial charge on any atom is 0.254 e. The lowest BCUT2D eigenvalue weighted by molar-refractivity contribution is -0.117. The highest BCUT2D eigenvalue weighted by Crippen LogP contribution is 2.51. The van der Waals surface area contributed by atoms with Gasteiger partial charge in [0.15, 0.2) is 17.3 Å². The molecule has 1 aromatic heterocycles. The number of hydrogen-bond donors (Lipinski definition) is 3. The van der Waals surface area contributed by atoms with E-state index in [0.717, 1.165) is 18.4 Å². The minimum Gasteiger partial charge on any atom is -0.494 e. The smallest absolute Gasteiger partial charge is 0.254 e. The number of benzene rings is 1. The minimum atomic E-state index is -0.315. The van der Waals surface area contributed by atoms with E-state index in [1.807, 2.05) is 19.1 Å². The van der Waals surface area contributed by atoms with Gasteiger partial charge < -0.3 is 25.4 Å². The van der Waals surface area contributed by atoms with Crippen LogP contribution in [0.2, 0.25) is 0 Å². The highest BCUT2D eigenvalue weighted by Gasteiger charge is 2.33. The van der Waals surface area contributed by atoms with Crippen molar-refractivity contribution in [1.29, 1.82) is 0 Å². The molecular weight excluding hydrogens is 348 g/mol. The van der Waals surface area contributed by atoms with Crippen molar-refractivity contribution in [2.24, 2.45) is 5.92 Å². The van der Waals surface area contributed by atoms with Crippen LogP contribution in [0.5, 0.6) is 17.2 Å². The molecule has 140 valence electrons. The molecule has 2 aliphatic rings. The van der Waals surface area contributed by atoms with Crippen LogP contribution >= 0.6 is 0 Å². The van der Waals surface area contributed by atoms with E-state index in [4.69, 9.17) is 9.47 Å². The molecule has 1 fully saturated rings. The summed E-state index contributed by atoms with van der Waals surface area (Å²) in [4.78, 5) is 28.8. The highest BCUT2D eigenvalue weighted by atomic mass is 16.5. The second kappa shape index (κ2) is 6.46. The predicted octanol–water partition coefficient (Wildman–Crippen LogP) is 2.96. The van der Waals surface area contributed by atoms with Crippen molar-refractivity contribution in [2.75, 3.05) is 24.8 Å². The molecule has 27 heavy (non-hydrogen) atoms. The third-order valence-corrected chi connectivity index (χ3v) is 4.69. The van der Waals surface area contributed by atoms with Gasteiger partial charge in [0.05, 0.1) is 12.7 Å². The number of nitrogens with one attached hydrogen (secondary N) is 3. The fourth-order valence-electron chi connectivity index (χ4n) is 2.99. The molecule has 8 heteroatoms. The number of carbonyl (C=O) groups excluding carboxylic acids is 2. The van der Waals surface area contributed by atoms with Crippen molar-refractivity contribution in [3.8, 4) is 17.2 Å². The third kappa shape index (κ3) is 2.92. The van der Waals surface area contributed by atoms with E-state index in [0.29, 0.717) is 34.2 Å². The topological polar surface area (TPSA) is 102 Å². The normalized spacial score (nSPS) is 14.2. The first-order chi connectivity index (χ1) is 13.0. The van der Waals surface area contributed by atoms with Crippen LogP contribution in [0.25, 0.3) is 0 Å². The Hall–Kier alpha value is -3.29. The zero-order chi connectivity index (χ0) is 19.1. The van der Waals surface area contributed by atoms with Crippen LogP contribution in [-0.4, -0.2) is 31.0 Å². The molecule has 3 N–H and O–H groups in total. The van der Waals surface area contributed by atoms with Crippen molar-refractivity contribution >= 4 is 29.0 Å². The van der Waals surface area contributed by atoms with Gasteiger partial charge >= 0.3 is 0 Å². The summed E-state index contributed by atoms with van der Waals surface area (Å²) >= 11 is 0. The summed E-state index contributed by atoms with van der Waals surface area (Å²) in [6.07, 6.45) is 3.18. The SMILES string of the molecule is CNC(=O)c1cnc(NC(=O)C2CC2)c2c1Nc1c(OC)ccc(C)c1O2. The molecule has 0 atom stereocenters. The van der Waals surface area contributed by atoms with Crippen LogP contribution in [0, 0.1) is 12.8 Å². The fourth-order valence-corrected chi connectivity index (χ4v) is 2.99. The van der Waals surface area contributed by atoms with Gasteiger partial charge in [-0.1, -0.05) is 6.07 Å². The molecule has 4 rings (SSSR count). The Morgan fingerprint density at radius 2 is 2.04 bits per heavy atom. The number of nitrogens with zero attached hydrogens (tertiary/aromatic N) is 1. The number of ether oxygens (including phenoxy) is 2. The summed E-state index contributed by atoms with van der Waals surface area (Å²) in [6.45, 7) is 1.91. The van der Waals surface area contributed by atoms with Crippen molar-refractivity contribution in [2.45, 2.75) is 19.8 Å². The zero-order valence-corrected chi connectivity index (χ0v) is 15.3. The summed E-state index contributed by atoms with van der Waals surface area (Å²) in [5, 5.41) is 8.65. The Labute approximate surface area is 156 Å². The monoisotopic (exact) mass is 368 g/mol. The van der Waals surface area contributed by atoms with Gasteiger partial charge in [0, 0.05) is 19.2 Å². The van der Waals surface area contributed by atoms with Crippen molar-refractivity contribution < 1.29 is 19.1 Å². The Balaban J connectivity index is 1.83. The number of methoxy groups -OCH3 is 1. The molecule has 0 saturated heterocycles. The second-order valence-corrected chi connectivity index (χ2v) is 6.58. The molecule has 0 radical (unpaired) electrons. The summed E-state index contributed by atoms with van der Waals surface area (Å²) in [6, 6.07) is 3.70. The molecule has 1 aromatic carbocycles. The van der Waals surface area contributed by atoms with E-state index in [1.54, 1.807) is 14.2 Å². The molecule has 2 aromatic rings. The number of hydrogen-bond acceptors (Lipinski definition) is 6. The fraction of sp³-hybridized carbons (Fsp3) is 0.316. The standard InChI is InChI=1S/C19H20N4O4/c1-9-4-7-12(26-3)14-15(9)27-16-13(22-14)11(19(25)20-2)8-21-17(16)23-18(24)10-5-6-10/h4,7-8,10,22H,5-6H2,1-3H3,(H,20,25)(H,21,23,24). The number of aryl methyl sites for hydroxylation is 1. The Morgan fingerprint density at radius 3 is 2.70 bits per heavy atom. The van der Waals surface area contributed by atoms with E-state index in [1.165, 1.54) is 6.20 Å². The number of anilines is 3. The highest BCUT2D eigenvalue weighted by molar-refractivity contribution is 6.05. The van der Waals surface area contributed by atoms with Crippen molar-refractivity contribution in [3.63, 3.8) is 0 Å². The van der Waals surface area contributed by atoms with Crippen LogP contribution < -0.4 is 25.4 Å². The summed E-state index contributed by atoms with van der Waals surface area (Å²) in [5.41, 5.74) is 2.26. The van der Waals surface area contributed by atoms with Gasteiger partial charge in [0.25, 0.3) is 5.91 Å². The largest absolute Gasteiger partial charge is 0.494 e. The van der Waals surface area contributed by atoms with Crippen LogP contribution in [0.15, 0.2) is 18.3 Å². The van der Waals surface area contributed by atoms with Crippen molar-refractivity contribution in [3.05, 3.63) is 29.5 Å². The number of aromatic nitrogens is 1. The van der Waals surface area contributed by atoms with Crippen LogP contribution in [0.3, 0.4) is 0 Å². The van der Waals surface area contributed by atoms with Gasteiger partial charge in [-0.2, -0.15) is 0 Å². The Kier molecular flexibility index (Phi) is 4.10. The Bertz CT molecular complexity index is 953. The first-order valence-corrected chi connectivity index (χ1v) is 8.72. The van der Waals surface area contributed by atoms with Gasteiger partial charge in [-0.3, -0.25) is 9.59 Å². The zero-order valence-electron chi connectivity index (χ0n) is 15.3. The van der Waals surface area contributed by atoms with Crippen molar-refractivity contribution in [1.82, 2.24) is 10.3 Å². The average Bonchev–Trinajstić information content (AvgIpc) is 3.52. The number of carbonyl (C=O) groups is 2. The molecule has 0 unspecified atom stereocenters. The van der Waals surface area contributed by atoms with Gasteiger partial charge in [0.2, 0.25) is 5.91 Å². The van der Waals surface area contributed by atoms with Gasteiger partial charge in [-0.05, 0) is 31.4 Å². The number of fused-ring (bicyclic) bond motifs is 2. The lowest BCUT2D eigenvalue weighted by Gasteiger charge is -2.27. The number of pyridine rings is 1. The molecule has 8 nitrogen and oxygen atoms in total. The molecule has 2 amide bonds. The van der Waals surface area contributed by atoms with E-state index in [2.05, 4.69) is 20.9 Å². The van der Waals surface area contributed by atoms with Gasteiger partial charge in [-0.25, -0.2) is 4.98 Å². The lowest BCUT2D eigenvalue weighted by atomic mass is 10.1. The van der Waals surface area contributed by atoms with E-state index >= 15 is 0 Å².